The van der Waals surface area contributed by atoms with E-state index in [0.29, 0.717) is 4.57 Å². The second-order valence-electron chi connectivity index (χ2n) is 3.00. The minimum absolute atomic E-state index is 0.276. The first-order chi connectivity index (χ1) is 7.75. The molecule has 0 amide bonds. The largest absolute Gasteiger partial charge is 0.468 e. The van der Waals surface area contributed by atoms with E-state index in [4.69, 9.17) is 0 Å². The van der Waals surface area contributed by atoms with Gasteiger partial charge in [-0.05, 0) is 0 Å². The standard InChI is InChI=1S/C8H7F3N2O4/c1-17-5(14)3-13-2-4(8(9,10)11)6(15)12-7(13)16/h2H,3H2,1H3,(H,12,15,16). The molecule has 9 heteroatoms. The SMILES string of the molecule is COC(=O)Cn1cc(C(F)(F)F)c(=O)[nH]c1=O. The fourth-order valence-corrected chi connectivity index (χ4v) is 1.03. The first-order valence-electron chi connectivity index (χ1n) is 4.23. The van der Waals surface area contributed by atoms with Crippen LogP contribution in [0.1, 0.15) is 5.56 Å². The van der Waals surface area contributed by atoms with E-state index in [1.165, 1.54) is 4.98 Å². The number of esters is 1. The first kappa shape index (κ1) is 13.0. The van der Waals surface area contributed by atoms with Gasteiger partial charge in [0, 0.05) is 6.20 Å². The molecule has 0 saturated carbocycles. The van der Waals surface area contributed by atoms with E-state index in [1.807, 2.05) is 0 Å². The number of hydrogen-bond donors (Lipinski definition) is 1. The Labute approximate surface area is 91.6 Å². The number of H-pyrrole nitrogens is 1. The predicted octanol–water partition coefficient (Wildman–Crippen LogP) is -0.272. The number of carbonyl (C=O) groups excluding carboxylic acids is 1. The van der Waals surface area contributed by atoms with Gasteiger partial charge in [-0.2, -0.15) is 13.2 Å². The summed E-state index contributed by atoms with van der Waals surface area (Å²) >= 11 is 0. The minimum atomic E-state index is -4.90. The van der Waals surface area contributed by atoms with Crippen molar-refractivity contribution in [1.29, 1.82) is 0 Å². The van der Waals surface area contributed by atoms with Gasteiger partial charge in [0.1, 0.15) is 12.1 Å². The molecule has 0 unspecified atom stereocenters. The number of carbonyl (C=O) groups is 1. The third-order valence-electron chi connectivity index (χ3n) is 1.84. The molecule has 0 bridgehead atoms. The van der Waals surface area contributed by atoms with Crippen LogP contribution >= 0.6 is 0 Å². The van der Waals surface area contributed by atoms with Crippen molar-refractivity contribution in [1.82, 2.24) is 9.55 Å². The van der Waals surface area contributed by atoms with Crippen molar-refractivity contribution in [2.45, 2.75) is 12.7 Å². The average Bonchev–Trinajstić information content (AvgIpc) is 2.19. The number of aromatic amines is 1. The molecule has 94 valence electrons. The highest BCUT2D eigenvalue weighted by molar-refractivity contribution is 5.68. The molecule has 0 spiro atoms. The molecule has 0 atom stereocenters. The fraction of sp³-hybridized carbons (Fsp3) is 0.375. The number of nitrogens with one attached hydrogen (secondary N) is 1. The lowest BCUT2D eigenvalue weighted by atomic mass is 10.3. The topological polar surface area (TPSA) is 81.2 Å². The van der Waals surface area contributed by atoms with Gasteiger partial charge in [0.05, 0.1) is 7.11 Å². The lowest BCUT2D eigenvalue weighted by Gasteiger charge is -2.08. The summed E-state index contributed by atoms with van der Waals surface area (Å²) in [6.07, 6.45) is -4.63. The summed E-state index contributed by atoms with van der Waals surface area (Å²) in [5, 5.41) is 0. The van der Waals surface area contributed by atoms with E-state index in [2.05, 4.69) is 4.74 Å². The van der Waals surface area contributed by atoms with Gasteiger partial charge in [0.15, 0.2) is 0 Å². The maximum Gasteiger partial charge on any atom is 0.423 e. The Morgan fingerprint density at radius 1 is 1.47 bits per heavy atom. The summed E-state index contributed by atoms with van der Waals surface area (Å²) in [6, 6.07) is 0. The normalized spacial score (nSPS) is 11.3. The molecule has 0 radical (unpaired) electrons. The van der Waals surface area contributed by atoms with Crippen molar-refractivity contribution in [2.75, 3.05) is 7.11 Å². The van der Waals surface area contributed by atoms with Crippen LogP contribution in [-0.4, -0.2) is 22.6 Å². The second kappa shape index (κ2) is 4.44. The zero-order valence-electron chi connectivity index (χ0n) is 8.50. The summed E-state index contributed by atoms with van der Waals surface area (Å²) in [5.41, 5.74) is -4.22. The highest BCUT2D eigenvalue weighted by Gasteiger charge is 2.35. The van der Waals surface area contributed by atoms with Gasteiger partial charge in [-0.3, -0.25) is 19.1 Å². The third kappa shape index (κ3) is 2.95. The van der Waals surface area contributed by atoms with Gasteiger partial charge < -0.3 is 4.74 Å². The zero-order valence-corrected chi connectivity index (χ0v) is 8.50. The maximum absolute atomic E-state index is 12.3. The first-order valence-corrected chi connectivity index (χ1v) is 4.23. The molecular formula is C8H7F3N2O4. The van der Waals surface area contributed by atoms with Crippen LogP contribution in [0, 0.1) is 0 Å². The summed E-state index contributed by atoms with van der Waals surface area (Å²) < 4.78 is 41.6. The molecule has 1 aromatic rings. The van der Waals surface area contributed by atoms with E-state index in [0.717, 1.165) is 7.11 Å². The smallest absolute Gasteiger partial charge is 0.423 e. The van der Waals surface area contributed by atoms with E-state index >= 15 is 0 Å². The Bertz CT molecular complexity index is 543. The summed E-state index contributed by atoms with van der Waals surface area (Å²) in [7, 11) is 1.02. The molecule has 1 rings (SSSR count). The van der Waals surface area contributed by atoms with Crippen LogP contribution in [0.15, 0.2) is 15.8 Å². The average molecular weight is 252 g/mol. The third-order valence-corrected chi connectivity index (χ3v) is 1.84. The van der Waals surface area contributed by atoms with Gasteiger partial charge in [0.25, 0.3) is 5.56 Å². The molecule has 0 aromatic carbocycles. The van der Waals surface area contributed by atoms with Crippen molar-refractivity contribution < 1.29 is 22.7 Å². The van der Waals surface area contributed by atoms with Crippen molar-refractivity contribution in [3.8, 4) is 0 Å². The van der Waals surface area contributed by atoms with Gasteiger partial charge in [-0.1, -0.05) is 0 Å². The molecule has 0 saturated heterocycles. The van der Waals surface area contributed by atoms with Crippen LogP contribution in [0.2, 0.25) is 0 Å². The molecule has 1 N–H and O–H groups in total. The minimum Gasteiger partial charge on any atom is -0.468 e. The monoisotopic (exact) mass is 252 g/mol. The molecule has 0 aliphatic carbocycles. The van der Waals surface area contributed by atoms with Gasteiger partial charge >= 0.3 is 17.8 Å². The van der Waals surface area contributed by atoms with Crippen molar-refractivity contribution >= 4 is 5.97 Å². The lowest BCUT2D eigenvalue weighted by molar-refractivity contribution is -0.143. The molecule has 1 heterocycles. The second-order valence-corrected chi connectivity index (χ2v) is 3.00. The number of hydrogen-bond acceptors (Lipinski definition) is 4. The number of methoxy groups -OCH3 is 1. The van der Waals surface area contributed by atoms with E-state index < -0.39 is 35.5 Å². The Kier molecular flexibility index (Phi) is 3.39. The Morgan fingerprint density at radius 2 is 2.06 bits per heavy atom. The number of rotatable bonds is 2. The number of ether oxygens (including phenoxy) is 1. The Hall–Kier alpha value is -2.06. The Morgan fingerprint density at radius 3 is 2.53 bits per heavy atom. The van der Waals surface area contributed by atoms with Crippen LogP contribution in [0.3, 0.4) is 0 Å². The number of alkyl halides is 3. The molecule has 1 aromatic heterocycles. The van der Waals surface area contributed by atoms with Crippen molar-refractivity contribution in [2.24, 2.45) is 0 Å². The summed E-state index contributed by atoms with van der Waals surface area (Å²) in [6.45, 7) is -0.713. The highest BCUT2D eigenvalue weighted by Crippen LogP contribution is 2.25. The van der Waals surface area contributed by atoms with Crippen LogP contribution in [0.5, 0.6) is 0 Å². The van der Waals surface area contributed by atoms with E-state index in [9.17, 15) is 27.6 Å². The highest BCUT2D eigenvalue weighted by atomic mass is 19.4. The Balaban J connectivity index is 3.30. The van der Waals surface area contributed by atoms with Crippen LogP contribution in [0.4, 0.5) is 13.2 Å². The zero-order chi connectivity index (χ0) is 13.2. The number of aromatic nitrogens is 2. The van der Waals surface area contributed by atoms with Gasteiger partial charge in [-0.25, -0.2) is 4.79 Å². The molecule has 0 aliphatic heterocycles. The van der Waals surface area contributed by atoms with Gasteiger partial charge in [-0.15, -0.1) is 0 Å². The summed E-state index contributed by atoms with van der Waals surface area (Å²) in [5.74, 6) is -0.910. The molecule has 6 nitrogen and oxygen atoms in total. The van der Waals surface area contributed by atoms with Crippen molar-refractivity contribution in [3.63, 3.8) is 0 Å². The number of nitrogens with zero attached hydrogens (tertiary/aromatic N) is 1. The molecular weight excluding hydrogens is 245 g/mol. The number of halogens is 3. The summed E-state index contributed by atoms with van der Waals surface area (Å²) in [4.78, 5) is 34.3. The molecule has 0 fully saturated rings. The molecule has 0 aliphatic rings. The van der Waals surface area contributed by atoms with Gasteiger partial charge in [0.2, 0.25) is 0 Å². The van der Waals surface area contributed by atoms with Crippen molar-refractivity contribution in [3.05, 3.63) is 32.6 Å². The quantitative estimate of drug-likeness (QED) is 0.734. The van der Waals surface area contributed by atoms with E-state index in [1.54, 1.807) is 0 Å². The maximum atomic E-state index is 12.3. The van der Waals surface area contributed by atoms with E-state index in [-0.39, 0.29) is 6.20 Å². The van der Waals surface area contributed by atoms with Crippen LogP contribution in [-0.2, 0) is 22.3 Å². The van der Waals surface area contributed by atoms with Crippen LogP contribution < -0.4 is 11.2 Å². The lowest BCUT2D eigenvalue weighted by Crippen LogP contribution is -2.36. The molecule has 17 heavy (non-hydrogen) atoms. The fourth-order valence-electron chi connectivity index (χ4n) is 1.03. The van der Waals surface area contributed by atoms with Crippen LogP contribution in [0.25, 0.3) is 0 Å². The predicted molar refractivity (Wildman–Crippen MR) is 48.3 cm³/mol.